The molecule has 0 saturated carbocycles. The summed E-state index contributed by atoms with van der Waals surface area (Å²) in [6, 6.07) is 8.65. The highest BCUT2D eigenvalue weighted by atomic mass is 16.2. The molecule has 0 aromatic heterocycles. The Morgan fingerprint density at radius 2 is 1.89 bits per heavy atom. The quantitative estimate of drug-likeness (QED) is 0.326. The lowest BCUT2D eigenvalue weighted by atomic mass is 10.1. The van der Waals surface area contributed by atoms with Gasteiger partial charge in [0, 0.05) is 13.0 Å². The Balaban J connectivity index is 2.12. The number of benzene rings is 1. The van der Waals surface area contributed by atoms with Crippen molar-refractivity contribution in [3.63, 3.8) is 0 Å². The number of carbonyl (C=O) groups excluding carboxylic acids is 1. The van der Waals surface area contributed by atoms with E-state index in [1.165, 1.54) is 11.1 Å². The van der Waals surface area contributed by atoms with Crippen molar-refractivity contribution in [2.45, 2.75) is 39.2 Å². The van der Waals surface area contributed by atoms with Crippen LogP contribution in [-0.2, 0) is 11.3 Å². The van der Waals surface area contributed by atoms with Crippen molar-refractivity contribution >= 4 is 5.91 Å². The minimum absolute atomic E-state index is 0.0759. The summed E-state index contributed by atoms with van der Waals surface area (Å²) in [6.07, 6.45) is 3.60. The van der Waals surface area contributed by atoms with Crippen LogP contribution in [0.3, 0.4) is 0 Å². The molecule has 0 atom stereocenters. The number of nitrogens with one attached hydrogen (secondary N) is 1. The van der Waals surface area contributed by atoms with E-state index >= 15 is 0 Å². The highest BCUT2D eigenvalue weighted by Gasteiger charge is 2.01. The van der Waals surface area contributed by atoms with E-state index in [1.807, 2.05) is 0 Å². The summed E-state index contributed by atoms with van der Waals surface area (Å²) < 4.78 is 0. The van der Waals surface area contributed by atoms with Crippen molar-refractivity contribution in [3.8, 4) is 0 Å². The van der Waals surface area contributed by atoms with Crippen LogP contribution in [0.2, 0.25) is 0 Å². The third-order valence-electron chi connectivity index (χ3n) is 3.18. The van der Waals surface area contributed by atoms with Gasteiger partial charge < -0.3 is 4.90 Å². The molecule has 0 fully saturated rings. The van der Waals surface area contributed by atoms with Gasteiger partial charge in [-0.2, -0.15) is 0 Å². The SMILES string of the molecule is Cc1ccc(CN(C)CCCCCC(=O)NN)cc1. The average Bonchev–Trinajstić information content (AvgIpc) is 2.40. The Hall–Kier alpha value is -1.39. The second-order valence-corrected chi connectivity index (χ2v) is 5.10. The molecule has 1 aromatic carbocycles. The van der Waals surface area contributed by atoms with Gasteiger partial charge in [-0.3, -0.25) is 10.2 Å². The molecule has 1 rings (SSSR count). The molecule has 1 amide bonds. The third-order valence-corrected chi connectivity index (χ3v) is 3.18. The Morgan fingerprint density at radius 1 is 1.21 bits per heavy atom. The van der Waals surface area contributed by atoms with Crippen LogP contribution >= 0.6 is 0 Å². The van der Waals surface area contributed by atoms with Crippen LogP contribution in [0.5, 0.6) is 0 Å². The Bertz CT molecular complexity index is 375. The largest absolute Gasteiger partial charge is 0.302 e. The van der Waals surface area contributed by atoms with E-state index in [0.717, 1.165) is 32.4 Å². The molecule has 0 saturated heterocycles. The van der Waals surface area contributed by atoms with Crippen molar-refractivity contribution in [1.82, 2.24) is 10.3 Å². The van der Waals surface area contributed by atoms with E-state index in [9.17, 15) is 4.79 Å². The molecule has 0 aliphatic heterocycles. The zero-order valence-corrected chi connectivity index (χ0v) is 12.0. The molecular weight excluding hydrogens is 238 g/mol. The van der Waals surface area contributed by atoms with Crippen LogP contribution in [0.15, 0.2) is 24.3 Å². The van der Waals surface area contributed by atoms with Crippen LogP contribution < -0.4 is 11.3 Å². The Kier molecular flexibility index (Phi) is 7.15. The minimum atomic E-state index is -0.0759. The van der Waals surface area contributed by atoms with Crippen molar-refractivity contribution in [2.24, 2.45) is 5.84 Å². The van der Waals surface area contributed by atoms with E-state index in [2.05, 4.69) is 48.6 Å². The second-order valence-electron chi connectivity index (χ2n) is 5.10. The van der Waals surface area contributed by atoms with Crippen LogP contribution in [0.4, 0.5) is 0 Å². The summed E-state index contributed by atoms with van der Waals surface area (Å²) in [5, 5.41) is 0. The fourth-order valence-electron chi connectivity index (χ4n) is 2.00. The first-order valence-corrected chi connectivity index (χ1v) is 6.85. The van der Waals surface area contributed by atoms with E-state index in [0.29, 0.717) is 6.42 Å². The number of nitrogens with two attached hydrogens (primary N) is 1. The molecule has 0 aliphatic rings. The number of nitrogens with zero attached hydrogens (tertiary/aromatic N) is 1. The average molecular weight is 263 g/mol. The standard InChI is InChI=1S/C15H25N3O/c1-13-7-9-14(10-8-13)12-18(2)11-5-3-4-6-15(19)17-16/h7-10H,3-6,11-12,16H2,1-2H3,(H,17,19). The number of amides is 1. The zero-order chi connectivity index (χ0) is 14.1. The van der Waals surface area contributed by atoms with Gasteiger partial charge in [0.1, 0.15) is 0 Å². The molecule has 0 heterocycles. The van der Waals surface area contributed by atoms with E-state index in [4.69, 9.17) is 5.84 Å². The number of hydrazine groups is 1. The summed E-state index contributed by atoms with van der Waals surface area (Å²) >= 11 is 0. The second kappa shape index (κ2) is 8.67. The highest BCUT2D eigenvalue weighted by Crippen LogP contribution is 2.07. The van der Waals surface area contributed by atoms with Crippen LogP contribution in [0.25, 0.3) is 0 Å². The van der Waals surface area contributed by atoms with Gasteiger partial charge in [0.05, 0.1) is 0 Å². The summed E-state index contributed by atoms with van der Waals surface area (Å²) in [4.78, 5) is 13.2. The fourth-order valence-corrected chi connectivity index (χ4v) is 2.00. The maximum Gasteiger partial charge on any atom is 0.233 e. The lowest BCUT2D eigenvalue weighted by Gasteiger charge is -2.16. The van der Waals surface area contributed by atoms with Crippen LogP contribution in [0, 0.1) is 6.92 Å². The van der Waals surface area contributed by atoms with Gasteiger partial charge in [-0.1, -0.05) is 36.2 Å². The Morgan fingerprint density at radius 3 is 2.53 bits per heavy atom. The molecule has 3 N–H and O–H groups in total. The molecule has 4 nitrogen and oxygen atoms in total. The van der Waals surface area contributed by atoms with E-state index in [-0.39, 0.29) is 5.91 Å². The molecule has 1 aromatic rings. The number of hydrogen-bond donors (Lipinski definition) is 2. The van der Waals surface area contributed by atoms with Gasteiger partial charge in [0.25, 0.3) is 0 Å². The first kappa shape index (κ1) is 15.7. The normalized spacial score (nSPS) is 10.7. The molecule has 0 spiro atoms. The third kappa shape index (κ3) is 6.94. The van der Waals surface area contributed by atoms with Gasteiger partial charge in [-0.05, 0) is 38.9 Å². The number of aryl methyl sites for hydroxylation is 1. The fraction of sp³-hybridized carbons (Fsp3) is 0.533. The smallest absolute Gasteiger partial charge is 0.233 e. The van der Waals surface area contributed by atoms with Crippen molar-refractivity contribution < 1.29 is 4.79 Å². The predicted octanol–water partition coefficient (Wildman–Crippen LogP) is 1.98. The maximum atomic E-state index is 10.9. The first-order valence-electron chi connectivity index (χ1n) is 6.85. The number of rotatable bonds is 8. The van der Waals surface area contributed by atoms with Crippen molar-refractivity contribution in [1.29, 1.82) is 0 Å². The zero-order valence-electron chi connectivity index (χ0n) is 12.0. The Labute approximate surface area is 115 Å². The number of carbonyl (C=O) groups is 1. The van der Waals surface area contributed by atoms with E-state index in [1.54, 1.807) is 0 Å². The first-order chi connectivity index (χ1) is 9.11. The number of hydrogen-bond acceptors (Lipinski definition) is 3. The van der Waals surface area contributed by atoms with Crippen LogP contribution in [0.1, 0.15) is 36.8 Å². The lowest BCUT2D eigenvalue weighted by Crippen LogP contribution is -2.29. The molecular formula is C15H25N3O. The van der Waals surface area contributed by atoms with Gasteiger partial charge in [0.15, 0.2) is 0 Å². The minimum Gasteiger partial charge on any atom is -0.302 e. The molecule has 0 bridgehead atoms. The van der Waals surface area contributed by atoms with Crippen molar-refractivity contribution in [3.05, 3.63) is 35.4 Å². The summed E-state index contributed by atoms with van der Waals surface area (Å²) in [6.45, 7) is 4.13. The molecule has 19 heavy (non-hydrogen) atoms. The van der Waals surface area contributed by atoms with E-state index < -0.39 is 0 Å². The van der Waals surface area contributed by atoms with Gasteiger partial charge in [0.2, 0.25) is 5.91 Å². The molecule has 106 valence electrons. The van der Waals surface area contributed by atoms with Crippen molar-refractivity contribution in [2.75, 3.05) is 13.6 Å². The molecule has 0 unspecified atom stereocenters. The molecule has 0 aliphatic carbocycles. The highest BCUT2D eigenvalue weighted by molar-refractivity contribution is 5.74. The molecule has 4 heteroatoms. The summed E-state index contributed by atoms with van der Waals surface area (Å²) in [5.41, 5.74) is 4.79. The van der Waals surface area contributed by atoms with Gasteiger partial charge >= 0.3 is 0 Å². The van der Waals surface area contributed by atoms with Gasteiger partial charge in [-0.15, -0.1) is 0 Å². The van der Waals surface area contributed by atoms with Gasteiger partial charge in [-0.25, -0.2) is 5.84 Å². The monoisotopic (exact) mass is 263 g/mol. The van der Waals surface area contributed by atoms with Crippen LogP contribution in [-0.4, -0.2) is 24.4 Å². The lowest BCUT2D eigenvalue weighted by molar-refractivity contribution is -0.121. The number of unbranched alkanes of at least 4 members (excludes halogenated alkanes) is 2. The summed E-state index contributed by atoms with van der Waals surface area (Å²) in [7, 11) is 2.13. The predicted molar refractivity (Wildman–Crippen MR) is 78.3 cm³/mol. The molecule has 0 radical (unpaired) electrons. The summed E-state index contributed by atoms with van der Waals surface area (Å²) in [5.74, 6) is 4.95. The topological polar surface area (TPSA) is 58.4 Å². The maximum absolute atomic E-state index is 10.9.